The number of anilines is 2. The van der Waals surface area contributed by atoms with Gasteiger partial charge in [0.2, 0.25) is 5.95 Å². The van der Waals surface area contributed by atoms with Gasteiger partial charge in [0.25, 0.3) is 0 Å². The third-order valence-corrected chi connectivity index (χ3v) is 4.84. The topological polar surface area (TPSA) is 62.3 Å². The first kappa shape index (κ1) is 17.6. The van der Waals surface area contributed by atoms with Gasteiger partial charge in [-0.15, -0.1) is 0 Å². The third kappa shape index (κ3) is 4.91. The largest absolute Gasteiger partial charge is 0.376 e. The van der Waals surface area contributed by atoms with Crippen LogP contribution in [-0.2, 0) is 4.74 Å². The monoisotopic (exact) mass is 369 g/mol. The summed E-state index contributed by atoms with van der Waals surface area (Å²) in [4.78, 5) is 11.1. The number of ether oxygens (including phenoxy) is 1. The van der Waals surface area contributed by atoms with E-state index in [4.69, 9.17) is 28.6 Å². The fourth-order valence-electron chi connectivity index (χ4n) is 3.18. The number of nitrogens with one attached hydrogen (secondary N) is 2. The molecule has 2 aliphatic rings. The zero-order valence-electron chi connectivity index (χ0n) is 13.9. The molecule has 0 aliphatic carbocycles. The van der Waals surface area contributed by atoms with E-state index in [9.17, 15) is 0 Å². The number of aromatic nitrogens is 2. The van der Waals surface area contributed by atoms with E-state index in [1.165, 1.54) is 12.8 Å². The van der Waals surface area contributed by atoms with Crippen molar-refractivity contribution in [2.24, 2.45) is 5.92 Å². The summed E-state index contributed by atoms with van der Waals surface area (Å²) in [5, 5.41) is 7.10. The minimum Gasteiger partial charge on any atom is -0.376 e. The quantitative estimate of drug-likeness (QED) is 0.625. The average molecular weight is 370 g/mol. The normalized spacial score (nSPS) is 24.0. The lowest BCUT2D eigenvalue weighted by molar-refractivity contribution is 0.114. The van der Waals surface area contributed by atoms with E-state index in [1.54, 1.807) is 0 Å². The lowest BCUT2D eigenvalue weighted by Gasteiger charge is -2.32. The van der Waals surface area contributed by atoms with E-state index in [2.05, 4.69) is 32.4 Å². The highest BCUT2D eigenvalue weighted by molar-refractivity contribution is 7.80. The number of halogens is 1. The Bertz CT molecular complexity index is 582. The van der Waals surface area contributed by atoms with Crippen LogP contribution in [0, 0.1) is 5.92 Å². The molecular formula is C16H24ClN5OS. The maximum absolute atomic E-state index is 6.17. The fourth-order valence-corrected chi connectivity index (χ4v) is 3.53. The fraction of sp³-hybridized carbons (Fsp3) is 0.688. The van der Waals surface area contributed by atoms with Gasteiger partial charge in [-0.05, 0) is 43.8 Å². The first-order valence-corrected chi connectivity index (χ1v) is 9.35. The molecule has 2 atom stereocenters. The van der Waals surface area contributed by atoms with Crippen molar-refractivity contribution in [2.45, 2.75) is 38.7 Å². The zero-order chi connectivity index (χ0) is 16.9. The molecule has 0 unspecified atom stereocenters. The van der Waals surface area contributed by atoms with Gasteiger partial charge in [-0.25, -0.2) is 4.98 Å². The molecule has 0 aromatic carbocycles. The van der Waals surface area contributed by atoms with E-state index in [1.807, 2.05) is 6.07 Å². The van der Waals surface area contributed by atoms with Crippen molar-refractivity contribution < 1.29 is 4.74 Å². The van der Waals surface area contributed by atoms with Gasteiger partial charge in [-0.2, -0.15) is 4.98 Å². The van der Waals surface area contributed by atoms with Crippen LogP contribution < -0.4 is 15.5 Å². The van der Waals surface area contributed by atoms with Crippen LogP contribution in [0.15, 0.2) is 6.07 Å². The van der Waals surface area contributed by atoms with Gasteiger partial charge in [-0.1, -0.05) is 18.5 Å². The molecule has 2 N–H and O–H groups in total. The highest BCUT2D eigenvalue weighted by Gasteiger charge is 2.19. The number of rotatable bonds is 4. The summed E-state index contributed by atoms with van der Waals surface area (Å²) in [6.45, 7) is 5.79. The van der Waals surface area contributed by atoms with Crippen LogP contribution in [0.5, 0.6) is 0 Å². The number of thiocarbonyl (C=S) groups is 1. The highest BCUT2D eigenvalue weighted by atomic mass is 35.5. The Balaban J connectivity index is 1.59. The molecular weight excluding hydrogens is 346 g/mol. The number of hydrogen-bond donors (Lipinski definition) is 2. The Morgan fingerprint density at radius 2 is 2.29 bits per heavy atom. The Hall–Kier alpha value is -1.18. The van der Waals surface area contributed by atoms with Crippen molar-refractivity contribution in [1.29, 1.82) is 0 Å². The molecule has 0 amide bonds. The van der Waals surface area contributed by atoms with Gasteiger partial charge in [0.1, 0.15) is 11.0 Å². The maximum atomic E-state index is 6.17. The maximum Gasteiger partial charge on any atom is 0.232 e. The Morgan fingerprint density at radius 3 is 3.04 bits per heavy atom. The van der Waals surface area contributed by atoms with E-state index in [0.717, 1.165) is 38.4 Å². The van der Waals surface area contributed by atoms with Crippen LogP contribution in [-0.4, -0.2) is 47.4 Å². The van der Waals surface area contributed by atoms with Gasteiger partial charge >= 0.3 is 0 Å². The molecule has 1 aromatic heterocycles. The molecule has 3 rings (SSSR count). The molecule has 0 radical (unpaired) electrons. The summed E-state index contributed by atoms with van der Waals surface area (Å²) in [6.07, 6.45) is 4.85. The second-order valence-electron chi connectivity index (χ2n) is 6.54. The SMILES string of the molecule is C[C@H]1CCCN(c2cc(Cl)nc(NC(=S)NC[C@H]3CCCO3)n2)C1. The van der Waals surface area contributed by atoms with Crippen molar-refractivity contribution in [3.63, 3.8) is 0 Å². The van der Waals surface area contributed by atoms with Crippen LogP contribution in [0.1, 0.15) is 32.6 Å². The summed E-state index contributed by atoms with van der Waals surface area (Å²) in [5.74, 6) is 1.95. The Morgan fingerprint density at radius 1 is 1.42 bits per heavy atom. The molecule has 2 aliphatic heterocycles. The van der Waals surface area contributed by atoms with Gasteiger partial charge in [0, 0.05) is 32.3 Å². The molecule has 2 fully saturated rings. The molecule has 132 valence electrons. The van der Waals surface area contributed by atoms with E-state index in [-0.39, 0.29) is 6.10 Å². The van der Waals surface area contributed by atoms with Gasteiger partial charge < -0.3 is 20.3 Å². The van der Waals surface area contributed by atoms with E-state index >= 15 is 0 Å². The molecule has 24 heavy (non-hydrogen) atoms. The Labute approximate surface area is 153 Å². The van der Waals surface area contributed by atoms with Crippen LogP contribution in [0.25, 0.3) is 0 Å². The zero-order valence-corrected chi connectivity index (χ0v) is 15.5. The van der Waals surface area contributed by atoms with Crippen LogP contribution >= 0.6 is 23.8 Å². The van der Waals surface area contributed by atoms with Crippen molar-refractivity contribution >= 4 is 40.7 Å². The first-order chi connectivity index (χ1) is 11.6. The van der Waals surface area contributed by atoms with Gasteiger partial charge in [0.05, 0.1) is 6.10 Å². The minimum atomic E-state index is 0.232. The third-order valence-electron chi connectivity index (χ3n) is 4.40. The summed E-state index contributed by atoms with van der Waals surface area (Å²) in [6, 6.07) is 1.81. The van der Waals surface area contributed by atoms with Crippen LogP contribution in [0.4, 0.5) is 11.8 Å². The standard InChI is InChI=1S/C16H24ClN5OS/c1-11-4-2-6-22(10-11)14-8-13(17)19-15(20-14)21-16(24)18-9-12-5-3-7-23-12/h8,11-12H,2-7,9-10H2,1H3,(H2,18,19,20,21,24)/t11-,12+/m0/s1. The smallest absolute Gasteiger partial charge is 0.232 e. The number of hydrogen-bond acceptors (Lipinski definition) is 5. The lowest BCUT2D eigenvalue weighted by Crippen LogP contribution is -2.36. The molecule has 0 spiro atoms. The highest BCUT2D eigenvalue weighted by Crippen LogP contribution is 2.24. The summed E-state index contributed by atoms with van der Waals surface area (Å²) in [7, 11) is 0. The van der Waals surface area contributed by atoms with Gasteiger partial charge in [-0.3, -0.25) is 0 Å². The average Bonchev–Trinajstić information content (AvgIpc) is 3.06. The first-order valence-electron chi connectivity index (χ1n) is 8.56. The molecule has 3 heterocycles. The molecule has 6 nitrogen and oxygen atoms in total. The minimum absolute atomic E-state index is 0.232. The van der Waals surface area contributed by atoms with Crippen molar-refractivity contribution in [3.8, 4) is 0 Å². The number of nitrogens with zero attached hydrogens (tertiary/aromatic N) is 3. The van der Waals surface area contributed by atoms with Crippen molar-refractivity contribution in [3.05, 3.63) is 11.2 Å². The van der Waals surface area contributed by atoms with Crippen molar-refractivity contribution in [2.75, 3.05) is 36.5 Å². The van der Waals surface area contributed by atoms with E-state index in [0.29, 0.717) is 28.7 Å². The van der Waals surface area contributed by atoms with E-state index < -0.39 is 0 Å². The summed E-state index contributed by atoms with van der Waals surface area (Å²) >= 11 is 11.5. The molecule has 2 saturated heterocycles. The van der Waals surface area contributed by atoms with Crippen molar-refractivity contribution in [1.82, 2.24) is 15.3 Å². The predicted molar refractivity (Wildman–Crippen MR) is 101 cm³/mol. The molecule has 8 heteroatoms. The summed E-state index contributed by atoms with van der Waals surface area (Å²) in [5.41, 5.74) is 0. The number of piperidine rings is 1. The van der Waals surface area contributed by atoms with Gasteiger partial charge in [0.15, 0.2) is 5.11 Å². The predicted octanol–water partition coefficient (Wildman–Crippen LogP) is 2.83. The second-order valence-corrected chi connectivity index (χ2v) is 7.33. The second kappa shape index (κ2) is 8.27. The molecule has 1 aromatic rings. The van der Waals surface area contributed by atoms with Crippen LogP contribution in [0.2, 0.25) is 5.15 Å². The summed E-state index contributed by atoms with van der Waals surface area (Å²) < 4.78 is 5.57. The van der Waals surface area contributed by atoms with Crippen LogP contribution in [0.3, 0.4) is 0 Å². The lowest BCUT2D eigenvalue weighted by atomic mass is 10.0. The Kier molecular flexibility index (Phi) is 6.08. The molecule has 0 bridgehead atoms. The molecule has 0 saturated carbocycles.